The van der Waals surface area contributed by atoms with Crippen LogP contribution in [0.3, 0.4) is 0 Å². The molecule has 1 amide bonds. The number of nitrogens with zero attached hydrogens (tertiary/aromatic N) is 3. The van der Waals surface area contributed by atoms with Crippen LogP contribution in [0.25, 0.3) is 0 Å². The molecule has 164 valence electrons. The molecule has 0 aliphatic rings. The van der Waals surface area contributed by atoms with Gasteiger partial charge in [0.05, 0.1) is 32.9 Å². The number of ether oxygens (including phenoxy) is 3. The van der Waals surface area contributed by atoms with Crippen molar-refractivity contribution < 1.29 is 23.2 Å². The molecule has 0 fully saturated rings. The SMILES string of the molecule is COc1ccc(Cl)c(OC)c1[S@](=N)(=O)NC(=O)c1ccc(Cn2cccn2)c(OC)n1. The van der Waals surface area contributed by atoms with Crippen LogP contribution in [0.2, 0.25) is 5.02 Å². The van der Waals surface area contributed by atoms with Gasteiger partial charge in [0.1, 0.15) is 11.4 Å². The summed E-state index contributed by atoms with van der Waals surface area (Å²) in [4.78, 5) is 16.8. The van der Waals surface area contributed by atoms with Crippen LogP contribution in [0.4, 0.5) is 0 Å². The standard InChI is InChI=1S/C19H20ClN5O5S/c1-28-15-8-6-13(20)16(29-2)17(15)31(21,27)24-18(26)14-7-5-12(19(23-14)30-3)11-25-10-4-9-22-25/h4-10H,11H2,1-3H3,(H2,21,24,26,27)/t31-/m1/s1. The minimum absolute atomic E-state index is 0.0265. The molecule has 2 N–H and O–H groups in total. The molecule has 0 aliphatic heterocycles. The lowest BCUT2D eigenvalue weighted by Gasteiger charge is -2.17. The Balaban J connectivity index is 1.92. The van der Waals surface area contributed by atoms with E-state index in [9.17, 15) is 9.00 Å². The van der Waals surface area contributed by atoms with E-state index in [4.69, 9.17) is 30.6 Å². The number of carbonyl (C=O) groups is 1. The predicted octanol–water partition coefficient (Wildman–Crippen LogP) is 2.76. The van der Waals surface area contributed by atoms with Gasteiger partial charge in [-0.3, -0.25) is 14.2 Å². The van der Waals surface area contributed by atoms with Gasteiger partial charge in [0.25, 0.3) is 5.91 Å². The summed E-state index contributed by atoms with van der Waals surface area (Å²) < 4.78 is 41.0. The van der Waals surface area contributed by atoms with E-state index in [0.29, 0.717) is 12.1 Å². The second-order valence-electron chi connectivity index (χ2n) is 6.17. The van der Waals surface area contributed by atoms with Crippen molar-refractivity contribution in [1.29, 1.82) is 4.78 Å². The van der Waals surface area contributed by atoms with Gasteiger partial charge in [0.2, 0.25) is 5.88 Å². The zero-order valence-corrected chi connectivity index (χ0v) is 18.5. The third-order valence-corrected chi connectivity index (χ3v) is 5.96. The number of hydrogen-bond acceptors (Lipinski definition) is 8. The Bertz CT molecular complexity index is 1200. The second-order valence-corrected chi connectivity index (χ2v) is 8.30. The van der Waals surface area contributed by atoms with Crippen LogP contribution in [0.1, 0.15) is 16.1 Å². The minimum Gasteiger partial charge on any atom is -0.495 e. The van der Waals surface area contributed by atoms with E-state index in [1.807, 2.05) is 0 Å². The molecule has 0 aliphatic carbocycles. The number of amides is 1. The average molecular weight is 466 g/mol. The van der Waals surface area contributed by atoms with E-state index in [0.717, 1.165) is 0 Å². The van der Waals surface area contributed by atoms with Gasteiger partial charge in [-0.15, -0.1) is 0 Å². The second kappa shape index (κ2) is 9.23. The highest BCUT2D eigenvalue weighted by molar-refractivity contribution is 7.91. The lowest BCUT2D eigenvalue weighted by Crippen LogP contribution is -2.31. The molecule has 0 bridgehead atoms. The Morgan fingerprint density at radius 1 is 1.19 bits per heavy atom. The van der Waals surface area contributed by atoms with Crippen LogP contribution in [0, 0.1) is 4.78 Å². The molecular weight excluding hydrogens is 446 g/mol. The van der Waals surface area contributed by atoms with Crippen LogP contribution in [-0.4, -0.2) is 46.2 Å². The molecule has 10 nitrogen and oxygen atoms in total. The number of nitrogens with one attached hydrogen (secondary N) is 2. The van der Waals surface area contributed by atoms with E-state index >= 15 is 0 Å². The molecule has 0 saturated heterocycles. The molecule has 12 heteroatoms. The van der Waals surface area contributed by atoms with Crippen molar-refractivity contribution >= 4 is 27.4 Å². The number of rotatable bonds is 8. The Morgan fingerprint density at radius 2 is 1.97 bits per heavy atom. The number of benzene rings is 1. The van der Waals surface area contributed by atoms with Gasteiger partial charge >= 0.3 is 0 Å². The smallest absolute Gasteiger partial charge is 0.282 e. The Morgan fingerprint density at radius 3 is 2.58 bits per heavy atom. The van der Waals surface area contributed by atoms with Crippen molar-refractivity contribution in [2.24, 2.45) is 0 Å². The highest BCUT2D eigenvalue weighted by atomic mass is 35.5. The van der Waals surface area contributed by atoms with Crippen molar-refractivity contribution in [3.63, 3.8) is 0 Å². The first-order valence-corrected chi connectivity index (χ1v) is 10.8. The van der Waals surface area contributed by atoms with E-state index in [-0.39, 0.29) is 33.0 Å². The molecule has 0 unspecified atom stereocenters. The maximum absolute atomic E-state index is 13.2. The fraction of sp³-hybridized carbons (Fsp3) is 0.211. The van der Waals surface area contributed by atoms with Gasteiger partial charge in [-0.1, -0.05) is 11.6 Å². The molecule has 3 aromatic rings. The van der Waals surface area contributed by atoms with Crippen molar-refractivity contribution in [2.75, 3.05) is 21.3 Å². The lowest BCUT2D eigenvalue weighted by molar-refractivity contribution is 0.0976. The molecule has 2 aromatic heterocycles. The van der Waals surface area contributed by atoms with Crippen molar-refractivity contribution in [1.82, 2.24) is 19.5 Å². The van der Waals surface area contributed by atoms with Gasteiger partial charge in [0, 0.05) is 18.0 Å². The van der Waals surface area contributed by atoms with Gasteiger partial charge in [-0.25, -0.2) is 14.0 Å². The van der Waals surface area contributed by atoms with Crippen LogP contribution in [-0.2, 0) is 16.5 Å². The minimum atomic E-state index is -3.92. The first-order chi connectivity index (χ1) is 14.8. The summed E-state index contributed by atoms with van der Waals surface area (Å²) in [5.74, 6) is -0.575. The molecule has 1 aromatic carbocycles. The summed E-state index contributed by atoms with van der Waals surface area (Å²) in [6, 6.07) is 7.79. The van der Waals surface area contributed by atoms with Crippen LogP contribution in [0.15, 0.2) is 47.6 Å². The Labute approximate surface area is 184 Å². The Hall–Kier alpha value is -3.31. The lowest BCUT2D eigenvalue weighted by atomic mass is 10.2. The normalized spacial score (nSPS) is 12.6. The maximum atomic E-state index is 13.2. The highest BCUT2D eigenvalue weighted by Gasteiger charge is 2.27. The summed E-state index contributed by atoms with van der Waals surface area (Å²) in [7, 11) is 0.161. The number of methoxy groups -OCH3 is 3. The van der Waals surface area contributed by atoms with Crippen LogP contribution in [0.5, 0.6) is 17.4 Å². The summed E-state index contributed by atoms with van der Waals surface area (Å²) in [5.41, 5.74) is 0.605. The first-order valence-electron chi connectivity index (χ1n) is 8.83. The predicted molar refractivity (Wildman–Crippen MR) is 113 cm³/mol. The molecule has 1 atom stereocenters. The highest BCUT2D eigenvalue weighted by Crippen LogP contribution is 2.39. The fourth-order valence-corrected chi connectivity index (χ4v) is 4.49. The van der Waals surface area contributed by atoms with Crippen molar-refractivity contribution in [3.8, 4) is 17.4 Å². The van der Waals surface area contributed by atoms with Crippen LogP contribution < -0.4 is 18.9 Å². The van der Waals surface area contributed by atoms with Gasteiger partial charge in [0.15, 0.2) is 20.6 Å². The molecule has 3 rings (SSSR count). The quantitative estimate of drug-likeness (QED) is 0.523. The first kappa shape index (κ1) is 22.4. The van der Waals surface area contributed by atoms with E-state index < -0.39 is 15.8 Å². The zero-order chi connectivity index (χ0) is 22.6. The summed E-state index contributed by atoms with van der Waals surface area (Å²) >= 11 is 6.10. The van der Waals surface area contributed by atoms with Gasteiger partial charge in [-0.2, -0.15) is 5.10 Å². The summed E-state index contributed by atoms with van der Waals surface area (Å²) in [5, 5.41) is 4.24. The molecule has 0 radical (unpaired) electrons. The Kier molecular flexibility index (Phi) is 6.66. The third-order valence-electron chi connectivity index (χ3n) is 4.23. The van der Waals surface area contributed by atoms with Crippen molar-refractivity contribution in [2.45, 2.75) is 11.4 Å². The maximum Gasteiger partial charge on any atom is 0.282 e. The molecular formula is C19H20ClN5O5S. The van der Waals surface area contributed by atoms with Gasteiger partial charge < -0.3 is 14.2 Å². The fourth-order valence-electron chi connectivity index (χ4n) is 2.84. The third kappa shape index (κ3) is 4.72. The molecule has 31 heavy (non-hydrogen) atoms. The van der Waals surface area contributed by atoms with E-state index in [1.165, 1.54) is 39.5 Å². The largest absolute Gasteiger partial charge is 0.495 e. The average Bonchev–Trinajstić information content (AvgIpc) is 3.26. The van der Waals surface area contributed by atoms with Crippen LogP contribution >= 0.6 is 11.6 Å². The van der Waals surface area contributed by atoms with Crippen molar-refractivity contribution in [3.05, 3.63) is 59.0 Å². The number of aromatic nitrogens is 3. The topological polar surface area (TPSA) is 128 Å². The molecule has 2 heterocycles. The van der Waals surface area contributed by atoms with E-state index in [2.05, 4.69) is 14.8 Å². The zero-order valence-electron chi connectivity index (χ0n) is 16.9. The number of hydrogen-bond donors (Lipinski definition) is 2. The summed E-state index contributed by atoms with van der Waals surface area (Å²) in [6.07, 6.45) is 3.42. The molecule has 0 saturated carbocycles. The number of halogens is 1. The van der Waals surface area contributed by atoms with Gasteiger partial charge in [-0.05, 0) is 30.3 Å². The number of carbonyl (C=O) groups excluding carboxylic acids is 1. The summed E-state index contributed by atoms with van der Waals surface area (Å²) in [6.45, 7) is 0.386. The monoisotopic (exact) mass is 465 g/mol. The molecule has 0 spiro atoms. The van der Waals surface area contributed by atoms with E-state index in [1.54, 1.807) is 29.2 Å². The number of pyridine rings is 1.